The molecule has 0 fully saturated rings. The molecule has 0 saturated heterocycles. The largest absolute Gasteiger partial charge is 0.378 e. The van der Waals surface area contributed by atoms with E-state index in [-0.39, 0.29) is 5.82 Å². The number of nitrogens with zero attached hydrogens (tertiary/aromatic N) is 3. The highest BCUT2D eigenvalue weighted by Crippen LogP contribution is 2.33. The molecule has 5 nitrogen and oxygen atoms in total. The number of hydrogen-bond acceptors (Lipinski definition) is 5. The van der Waals surface area contributed by atoms with E-state index >= 15 is 0 Å². The lowest BCUT2D eigenvalue weighted by atomic mass is 10.0. The highest BCUT2D eigenvalue weighted by Gasteiger charge is 2.15. The van der Waals surface area contributed by atoms with Crippen LogP contribution in [-0.4, -0.2) is 23.8 Å². The Balaban J connectivity index is 1.52. The lowest BCUT2D eigenvalue weighted by molar-refractivity contribution is -0.188. The number of benzene rings is 3. The van der Waals surface area contributed by atoms with E-state index in [0.29, 0.717) is 5.65 Å². The number of fused-ring (bicyclic) bond motifs is 1. The Morgan fingerprint density at radius 2 is 1.65 bits per heavy atom. The highest BCUT2D eigenvalue weighted by atomic mass is 32.2. The Bertz CT molecular complexity index is 1420. The van der Waals surface area contributed by atoms with E-state index in [9.17, 15) is 4.39 Å². The zero-order chi connectivity index (χ0) is 23.5. The SMILES string of the molecule is CN(C)c1ccc(-c2cnc3c(c2)c(-c2cccc(F)c2)cn3OOSc2ccccc2)cc1. The van der Waals surface area contributed by atoms with Gasteiger partial charge in [-0.1, -0.05) is 46.8 Å². The number of halogens is 1. The first-order valence-corrected chi connectivity index (χ1v) is 11.4. The van der Waals surface area contributed by atoms with Crippen LogP contribution in [0.15, 0.2) is 102 Å². The highest BCUT2D eigenvalue weighted by molar-refractivity contribution is 7.94. The van der Waals surface area contributed by atoms with Crippen molar-refractivity contribution in [3.05, 3.63) is 103 Å². The van der Waals surface area contributed by atoms with Crippen LogP contribution < -0.4 is 9.89 Å². The first-order valence-electron chi connectivity index (χ1n) is 10.7. The summed E-state index contributed by atoms with van der Waals surface area (Å²) in [5, 5.41) is 0.827. The third kappa shape index (κ3) is 4.62. The standard InChI is InChI=1S/C27H22FN3O2S/c1-30(2)23-13-11-19(12-14-23)21-16-25-26(20-7-6-8-22(28)15-20)18-31(27(25)29-17-21)32-33-34-24-9-4-3-5-10-24/h3-18H,1-2H3. The summed E-state index contributed by atoms with van der Waals surface area (Å²) in [6, 6.07) is 26.4. The van der Waals surface area contributed by atoms with Crippen LogP contribution in [0.25, 0.3) is 33.3 Å². The van der Waals surface area contributed by atoms with Crippen molar-refractivity contribution in [3.8, 4) is 22.3 Å². The van der Waals surface area contributed by atoms with Crippen molar-refractivity contribution >= 4 is 28.8 Å². The van der Waals surface area contributed by atoms with Gasteiger partial charge >= 0.3 is 0 Å². The fourth-order valence-corrected chi connectivity index (χ4v) is 4.14. The second kappa shape index (κ2) is 9.59. The van der Waals surface area contributed by atoms with Crippen molar-refractivity contribution < 1.29 is 13.7 Å². The molecule has 0 aliphatic carbocycles. The van der Waals surface area contributed by atoms with Crippen molar-refractivity contribution in [2.24, 2.45) is 0 Å². The van der Waals surface area contributed by atoms with E-state index in [1.54, 1.807) is 18.5 Å². The van der Waals surface area contributed by atoms with Gasteiger partial charge in [-0.25, -0.2) is 14.4 Å². The maximum Gasteiger partial charge on any atom is 0.179 e. The average molecular weight is 472 g/mol. The normalized spacial score (nSPS) is 11.0. The monoisotopic (exact) mass is 471 g/mol. The molecule has 5 aromatic rings. The Morgan fingerprint density at radius 3 is 2.38 bits per heavy atom. The van der Waals surface area contributed by atoms with Gasteiger partial charge in [-0.05, 0) is 53.6 Å². The molecule has 0 saturated carbocycles. The Hall–Kier alpha value is -3.81. The second-order valence-electron chi connectivity index (χ2n) is 7.95. The van der Waals surface area contributed by atoms with E-state index in [4.69, 9.17) is 9.32 Å². The van der Waals surface area contributed by atoms with Crippen molar-refractivity contribution in [3.63, 3.8) is 0 Å². The van der Waals surface area contributed by atoms with Gasteiger partial charge in [0.05, 0.1) is 18.2 Å². The molecule has 0 amide bonds. The van der Waals surface area contributed by atoms with Crippen LogP contribution in [0.3, 0.4) is 0 Å². The quantitative estimate of drug-likeness (QED) is 0.151. The minimum Gasteiger partial charge on any atom is -0.378 e. The van der Waals surface area contributed by atoms with Crippen molar-refractivity contribution in [1.29, 1.82) is 0 Å². The zero-order valence-electron chi connectivity index (χ0n) is 18.7. The molecule has 3 aromatic carbocycles. The summed E-state index contributed by atoms with van der Waals surface area (Å²) in [5.74, 6) is -0.307. The number of rotatable bonds is 7. The molecule has 0 unspecified atom stereocenters. The van der Waals surface area contributed by atoms with Crippen LogP contribution in [0.4, 0.5) is 10.1 Å². The predicted molar refractivity (Wildman–Crippen MR) is 135 cm³/mol. The van der Waals surface area contributed by atoms with Gasteiger partial charge in [-0.3, -0.25) is 0 Å². The van der Waals surface area contributed by atoms with Gasteiger partial charge in [0.2, 0.25) is 0 Å². The van der Waals surface area contributed by atoms with E-state index in [2.05, 4.69) is 34.1 Å². The molecule has 170 valence electrons. The van der Waals surface area contributed by atoms with Crippen LogP contribution in [0.2, 0.25) is 0 Å². The molecule has 0 bridgehead atoms. The molecule has 2 heterocycles. The van der Waals surface area contributed by atoms with Crippen LogP contribution in [0.5, 0.6) is 0 Å². The van der Waals surface area contributed by atoms with Crippen molar-refractivity contribution in [2.45, 2.75) is 4.90 Å². The van der Waals surface area contributed by atoms with Crippen LogP contribution >= 0.6 is 12.0 Å². The molecule has 0 aliphatic rings. The molecule has 0 aliphatic heterocycles. The van der Waals surface area contributed by atoms with Gasteiger partial charge in [0.25, 0.3) is 0 Å². The topological polar surface area (TPSA) is 39.5 Å². The van der Waals surface area contributed by atoms with Gasteiger partial charge in [-0.2, -0.15) is 0 Å². The number of aromatic nitrogens is 2. The zero-order valence-corrected chi connectivity index (χ0v) is 19.5. The third-order valence-electron chi connectivity index (χ3n) is 5.45. The minimum atomic E-state index is -0.307. The summed E-state index contributed by atoms with van der Waals surface area (Å²) in [7, 11) is 4.02. The molecular formula is C27H22FN3O2S. The summed E-state index contributed by atoms with van der Waals surface area (Å²) >= 11 is 1.10. The minimum absolute atomic E-state index is 0.307. The Morgan fingerprint density at radius 1 is 0.853 bits per heavy atom. The number of hydrogen-bond donors (Lipinski definition) is 0. The second-order valence-corrected chi connectivity index (χ2v) is 8.73. The average Bonchev–Trinajstić information content (AvgIpc) is 3.23. The van der Waals surface area contributed by atoms with Gasteiger partial charge in [-0.15, -0.1) is 4.73 Å². The van der Waals surface area contributed by atoms with E-state index < -0.39 is 0 Å². The first-order chi connectivity index (χ1) is 16.6. The molecule has 0 atom stereocenters. The van der Waals surface area contributed by atoms with Crippen LogP contribution in [0, 0.1) is 5.82 Å². The van der Waals surface area contributed by atoms with Crippen molar-refractivity contribution in [1.82, 2.24) is 9.71 Å². The van der Waals surface area contributed by atoms with Gasteiger partial charge < -0.3 is 4.90 Å². The molecule has 34 heavy (non-hydrogen) atoms. The Kier molecular flexibility index (Phi) is 6.20. The fourth-order valence-electron chi connectivity index (χ4n) is 3.70. The smallest absolute Gasteiger partial charge is 0.179 e. The van der Waals surface area contributed by atoms with Gasteiger partial charge in [0, 0.05) is 47.4 Å². The summed E-state index contributed by atoms with van der Waals surface area (Å²) in [4.78, 5) is 13.2. The maximum atomic E-state index is 14.0. The van der Waals surface area contributed by atoms with Crippen LogP contribution in [-0.2, 0) is 4.33 Å². The van der Waals surface area contributed by atoms with E-state index in [1.807, 2.05) is 56.6 Å². The molecule has 7 heteroatoms. The lowest BCUT2D eigenvalue weighted by Crippen LogP contribution is -2.08. The summed E-state index contributed by atoms with van der Waals surface area (Å²) in [6.45, 7) is 0. The predicted octanol–water partition coefficient (Wildman–Crippen LogP) is 6.64. The summed E-state index contributed by atoms with van der Waals surface area (Å²) < 4.78 is 20.9. The number of pyridine rings is 1. The fraction of sp³-hybridized carbons (Fsp3) is 0.0741. The third-order valence-corrected chi connectivity index (χ3v) is 6.04. The van der Waals surface area contributed by atoms with E-state index in [0.717, 1.165) is 50.3 Å². The molecule has 0 radical (unpaired) electrons. The Labute approximate surface area is 201 Å². The molecule has 5 rings (SSSR count). The molecule has 0 spiro atoms. The number of anilines is 1. The lowest BCUT2D eigenvalue weighted by Gasteiger charge is -2.12. The summed E-state index contributed by atoms with van der Waals surface area (Å²) in [5.41, 5.74) is 5.20. The van der Waals surface area contributed by atoms with E-state index in [1.165, 1.54) is 16.9 Å². The van der Waals surface area contributed by atoms with Crippen molar-refractivity contribution in [2.75, 3.05) is 19.0 Å². The first kappa shape index (κ1) is 22.0. The molecular weight excluding hydrogens is 449 g/mol. The molecule has 2 aromatic heterocycles. The van der Waals surface area contributed by atoms with Crippen LogP contribution in [0.1, 0.15) is 0 Å². The maximum absolute atomic E-state index is 14.0. The summed E-state index contributed by atoms with van der Waals surface area (Å²) in [6.07, 6.45) is 3.56. The molecule has 0 N–H and O–H groups in total. The van der Waals surface area contributed by atoms with Gasteiger partial charge in [0.15, 0.2) is 5.65 Å². The van der Waals surface area contributed by atoms with Gasteiger partial charge in [0.1, 0.15) is 5.82 Å².